The van der Waals surface area contributed by atoms with E-state index in [1.807, 2.05) is 29.2 Å². The van der Waals surface area contributed by atoms with Crippen LogP contribution in [0.1, 0.15) is 13.3 Å². The Morgan fingerprint density at radius 1 is 1.29 bits per heavy atom. The third-order valence-electron chi connectivity index (χ3n) is 3.96. The van der Waals surface area contributed by atoms with Gasteiger partial charge in [-0.15, -0.1) is 0 Å². The number of hydrogen-bond donors (Lipinski definition) is 3. The number of fused-ring (bicyclic) bond motifs is 1. The van der Waals surface area contributed by atoms with E-state index < -0.39 is 0 Å². The van der Waals surface area contributed by atoms with Gasteiger partial charge in [-0.1, -0.05) is 12.1 Å². The minimum absolute atomic E-state index is 0.0410. The Hall–Kier alpha value is -2.24. The highest BCUT2D eigenvalue weighted by Crippen LogP contribution is 2.26. The zero-order valence-electron chi connectivity index (χ0n) is 12.1. The Balaban J connectivity index is 1.61. The van der Waals surface area contributed by atoms with Gasteiger partial charge < -0.3 is 20.9 Å². The fourth-order valence-corrected chi connectivity index (χ4v) is 2.95. The van der Waals surface area contributed by atoms with Crippen LogP contribution in [0.25, 0.3) is 0 Å². The number of rotatable bonds is 2. The Kier molecular flexibility index (Phi) is 3.68. The van der Waals surface area contributed by atoms with E-state index >= 15 is 0 Å². The predicted molar refractivity (Wildman–Crippen MR) is 81.1 cm³/mol. The number of amides is 2. The molecule has 0 aliphatic carbocycles. The second-order valence-electron chi connectivity index (χ2n) is 5.59. The van der Waals surface area contributed by atoms with Crippen molar-refractivity contribution in [2.75, 3.05) is 30.3 Å². The van der Waals surface area contributed by atoms with Crippen molar-refractivity contribution in [1.82, 2.24) is 10.2 Å². The smallest absolute Gasteiger partial charge is 0.246 e. The number of carbonyl (C=O) groups is 2. The Bertz CT molecular complexity index is 560. The van der Waals surface area contributed by atoms with Gasteiger partial charge in [0.2, 0.25) is 11.8 Å². The van der Waals surface area contributed by atoms with Crippen molar-refractivity contribution in [2.24, 2.45) is 0 Å². The van der Waals surface area contributed by atoms with Crippen molar-refractivity contribution in [1.29, 1.82) is 0 Å². The third-order valence-corrected chi connectivity index (χ3v) is 3.96. The van der Waals surface area contributed by atoms with E-state index in [9.17, 15) is 9.59 Å². The maximum Gasteiger partial charge on any atom is 0.246 e. The molecular weight excluding hydrogens is 268 g/mol. The first-order valence-corrected chi connectivity index (χ1v) is 7.29. The maximum absolute atomic E-state index is 12.6. The van der Waals surface area contributed by atoms with Crippen LogP contribution in [0.3, 0.4) is 0 Å². The average Bonchev–Trinajstić information content (AvgIpc) is 2.93. The number of carbonyl (C=O) groups excluding carboxylic acids is 2. The minimum Gasteiger partial charge on any atom is -0.381 e. The number of anilines is 2. The fraction of sp³-hybridized carbons (Fsp3) is 0.467. The molecule has 112 valence electrons. The maximum atomic E-state index is 12.6. The Labute approximate surface area is 123 Å². The third kappa shape index (κ3) is 2.94. The standard InChI is InChI=1S/C15H20N4O2/c1-10(20)17-11-6-7-19(9-11)15(21)14-8-16-12-4-2-3-5-13(12)18-14/h2-5,11,14,16,18H,6-9H2,1H3,(H,17,20). The molecule has 2 heterocycles. The highest BCUT2D eigenvalue weighted by atomic mass is 16.2. The second kappa shape index (κ2) is 5.63. The summed E-state index contributed by atoms with van der Waals surface area (Å²) in [4.78, 5) is 25.5. The van der Waals surface area contributed by atoms with Crippen LogP contribution in [0.2, 0.25) is 0 Å². The van der Waals surface area contributed by atoms with Crippen LogP contribution in [0.5, 0.6) is 0 Å². The fourth-order valence-electron chi connectivity index (χ4n) is 2.95. The van der Waals surface area contributed by atoms with E-state index in [0.29, 0.717) is 19.6 Å². The summed E-state index contributed by atoms with van der Waals surface area (Å²) in [6.45, 7) is 3.38. The molecule has 1 aromatic rings. The van der Waals surface area contributed by atoms with Crippen LogP contribution < -0.4 is 16.0 Å². The van der Waals surface area contributed by atoms with Crippen LogP contribution in [-0.4, -0.2) is 48.4 Å². The molecule has 6 nitrogen and oxygen atoms in total. The first kappa shape index (κ1) is 13.7. The molecule has 6 heteroatoms. The van der Waals surface area contributed by atoms with Crippen molar-refractivity contribution in [3.05, 3.63) is 24.3 Å². The van der Waals surface area contributed by atoms with E-state index in [1.165, 1.54) is 6.92 Å². The predicted octanol–water partition coefficient (Wildman–Crippen LogP) is 0.630. The number of nitrogens with zero attached hydrogens (tertiary/aromatic N) is 1. The molecule has 1 saturated heterocycles. The molecule has 2 aliphatic rings. The van der Waals surface area contributed by atoms with Gasteiger partial charge in [0.15, 0.2) is 0 Å². The van der Waals surface area contributed by atoms with Gasteiger partial charge in [-0.3, -0.25) is 9.59 Å². The first-order chi connectivity index (χ1) is 10.1. The van der Waals surface area contributed by atoms with Crippen LogP contribution in [0, 0.1) is 0 Å². The summed E-state index contributed by atoms with van der Waals surface area (Å²) in [6.07, 6.45) is 0.821. The average molecular weight is 288 g/mol. The number of para-hydroxylation sites is 2. The second-order valence-corrected chi connectivity index (χ2v) is 5.59. The van der Waals surface area contributed by atoms with Crippen LogP contribution >= 0.6 is 0 Å². The number of likely N-dealkylation sites (tertiary alicyclic amines) is 1. The molecule has 0 spiro atoms. The van der Waals surface area contributed by atoms with E-state index in [1.54, 1.807) is 0 Å². The molecule has 21 heavy (non-hydrogen) atoms. The Morgan fingerprint density at radius 2 is 2.05 bits per heavy atom. The highest BCUT2D eigenvalue weighted by molar-refractivity contribution is 5.89. The molecule has 0 bridgehead atoms. The summed E-state index contributed by atoms with van der Waals surface area (Å²) < 4.78 is 0. The molecular formula is C15H20N4O2. The quantitative estimate of drug-likeness (QED) is 0.746. The number of benzene rings is 1. The van der Waals surface area contributed by atoms with Crippen LogP contribution in [0.15, 0.2) is 24.3 Å². The molecule has 2 aliphatic heterocycles. The van der Waals surface area contributed by atoms with E-state index in [0.717, 1.165) is 17.8 Å². The van der Waals surface area contributed by atoms with Gasteiger partial charge >= 0.3 is 0 Å². The summed E-state index contributed by atoms with van der Waals surface area (Å²) in [5.74, 6) is 0.0468. The van der Waals surface area contributed by atoms with E-state index in [4.69, 9.17) is 0 Å². The molecule has 1 fully saturated rings. The zero-order chi connectivity index (χ0) is 14.8. The monoisotopic (exact) mass is 288 g/mol. The van der Waals surface area contributed by atoms with Gasteiger partial charge in [0.1, 0.15) is 6.04 Å². The van der Waals surface area contributed by atoms with Crippen molar-refractivity contribution in [3.8, 4) is 0 Å². The lowest BCUT2D eigenvalue weighted by molar-refractivity contribution is -0.131. The lowest BCUT2D eigenvalue weighted by Crippen LogP contribution is -2.48. The SMILES string of the molecule is CC(=O)NC1CCN(C(=O)C2CNc3ccccc3N2)C1. The van der Waals surface area contributed by atoms with Gasteiger partial charge in [-0.05, 0) is 18.6 Å². The summed E-state index contributed by atoms with van der Waals surface area (Å²) in [5, 5.41) is 9.45. The van der Waals surface area contributed by atoms with Gasteiger partial charge in [0.25, 0.3) is 0 Å². The highest BCUT2D eigenvalue weighted by Gasteiger charge is 2.32. The molecule has 1 aromatic carbocycles. The summed E-state index contributed by atoms with van der Waals surface area (Å²) in [6, 6.07) is 7.70. The number of hydrogen-bond acceptors (Lipinski definition) is 4. The van der Waals surface area contributed by atoms with Gasteiger partial charge in [0, 0.05) is 32.6 Å². The minimum atomic E-state index is -0.254. The topological polar surface area (TPSA) is 73.5 Å². The first-order valence-electron chi connectivity index (χ1n) is 7.29. The molecule has 2 amide bonds. The van der Waals surface area contributed by atoms with Crippen molar-refractivity contribution < 1.29 is 9.59 Å². The Morgan fingerprint density at radius 3 is 2.81 bits per heavy atom. The molecule has 2 unspecified atom stereocenters. The van der Waals surface area contributed by atoms with Crippen molar-refractivity contribution in [3.63, 3.8) is 0 Å². The number of nitrogens with one attached hydrogen (secondary N) is 3. The lowest BCUT2D eigenvalue weighted by atomic mass is 10.1. The molecule has 3 rings (SSSR count). The summed E-state index contributed by atoms with van der Waals surface area (Å²) in [5.41, 5.74) is 1.99. The van der Waals surface area contributed by atoms with Crippen LogP contribution in [-0.2, 0) is 9.59 Å². The van der Waals surface area contributed by atoms with Gasteiger partial charge in [-0.25, -0.2) is 0 Å². The van der Waals surface area contributed by atoms with Gasteiger partial charge in [-0.2, -0.15) is 0 Å². The van der Waals surface area contributed by atoms with Gasteiger partial charge in [0.05, 0.1) is 11.4 Å². The summed E-state index contributed by atoms with van der Waals surface area (Å²) >= 11 is 0. The molecule has 0 radical (unpaired) electrons. The van der Waals surface area contributed by atoms with E-state index in [2.05, 4.69) is 16.0 Å². The van der Waals surface area contributed by atoms with Crippen molar-refractivity contribution in [2.45, 2.75) is 25.4 Å². The summed E-state index contributed by atoms with van der Waals surface area (Å²) in [7, 11) is 0. The normalized spacial score (nSPS) is 23.8. The van der Waals surface area contributed by atoms with Crippen LogP contribution in [0.4, 0.5) is 11.4 Å². The largest absolute Gasteiger partial charge is 0.381 e. The molecule has 2 atom stereocenters. The van der Waals surface area contributed by atoms with E-state index in [-0.39, 0.29) is 23.9 Å². The molecule has 3 N–H and O–H groups in total. The molecule has 0 aromatic heterocycles. The zero-order valence-corrected chi connectivity index (χ0v) is 12.1. The molecule has 0 saturated carbocycles. The van der Waals surface area contributed by atoms with Crippen molar-refractivity contribution >= 4 is 23.2 Å². The lowest BCUT2D eigenvalue weighted by Gasteiger charge is -2.30.